The van der Waals surface area contributed by atoms with Gasteiger partial charge in [-0.15, -0.1) is 0 Å². The van der Waals surface area contributed by atoms with Gasteiger partial charge in [-0.3, -0.25) is 4.79 Å². The van der Waals surface area contributed by atoms with Crippen molar-refractivity contribution in [2.45, 2.75) is 6.42 Å². The lowest BCUT2D eigenvalue weighted by Crippen LogP contribution is -2.16. The number of carbonyl (C=O) groups is 1. The molecule has 2 N–H and O–H groups in total. The van der Waals surface area contributed by atoms with E-state index in [4.69, 9.17) is 27.9 Å². The van der Waals surface area contributed by atoms with Crippen LogP contribution in [0.1, 0.15) is 6.42 Å². The molecule has 0 unspecified atom stereocenters. The molecule has 0 fully saturated rings. The van der Waals surface area contributed by atoms with Crippen LogP contribution in [0.3, 0.4) is 0 Å². The summed E-state index contributed by atoms with van der Waals surface area (Å²) in [7, 11) is 1.54. The van der Waals surface area contributed by atoms with E-state index >= 15 is 0 Å². The third-order valence-corrected chi connectivity index (χ3v) is 3.51. The van der Waals surface area contributed by atoms with Crippen LogP contribution in [0.25, 0.3) is 0 Å². The number of amides is 1. The Hall–Kier alpha value is -1.91. The lowest BCUT2D eigenvalue weighted by Gasteiger charge is -2.09. The summed E-state index contributed by atoms with van der Waals surface area (Å²) in [6.45, 7) is 0.525. The van der Waals surface area contributed by atoms with Crippen molar-refractivity contribution in [1.82, 2.24) is 0 Å². The Morgan fingerprint density at radius 2 is 1.77 bits per heavy atom. The zero-order chi connectivity index (χ0) is 15.9. The van der Waals surface area contributed by atoms with Gasteiger partial charge in [-0.2, -0.15) is 0 Å². The number of halogens is 2. The number of ether oxygens (including phenoxy) is 1. The second kappa shape index (κ2) is 7.92. The highest BCUT2D eigenvalue weighted by Gasteiger charge is 2.05. The molecular formula is C16H16Cl2N2O2. The molecule has 0 aliphatic rings. The first-order chi connectivity index (χ1) is 10.6. The summed E-state index contributed by atoms with van der Waals surface area (Å²) in [6, 6.07) is 12.4. The predicted molar refractivity (Wildman–Crippen MR) is 91.2 cm³/mol. The van der Waals surface area contributed by atoms with E-state index < -0.39 is 0 Å². The van der Waals surface area contributed by atoms with Crippen molar-refractivity contribution in [2.24, 2.45) is 0 Å². The normalized spacial score (nSPS) is 10.1. The van der Waals surface area contributed by atoms with Gasteiger partial charge >= 0.3 is 0 Å². The molecule has 0 spiro atoms. The van der Waals surface area contributed by atoms with Gasteiger partial charge in [-0.25, -0.2) is 0 Å². The van der Waals surface area contributed by atoms with Crippen LogP contribution >= 0.6 is 23.2 Å². The second-order valence-corrected chi connectivity index (χ2v) is 5.42. The van der Waals surface area contributed by atoms with Crippen LogP contribution in [0.5, 0.6) is 5.75 Å². The summed E-state index contributed by atoms with van der Waals surface area (Å²) in [4.78, 5) is 11.9. The Kier molecular flexibility index (Phi) is 5.92. The monoisotopic (exact) mass is 338 g/mol. The first-order valence-electron chi connectivity index (χ1n) is 6.71. The maximum absolute atomic E-state index is 11.9. The molecule has 0 atom stereocenters. The molecule has 6 heteroatoms. The SMILES string of the molecule is COc1ccc(NC(=O)CCNc2ccc(Cl)cc2)cc1Cl. The quantitative estimate of drug-likeness (QED) is 0.818. The third kappa shape index (κ3) is 4.83. The summed E-state index contributed by atoms with van der Waals surface area (Å²) in [5.74, 6) is 0.478. The molecule has 0 aromatic heterocycles. The van der Waals surface area contributed by atoms with Crippen LogP contribution < -0.4 is 15.4 Å². The fourth-order valence-corrected chi connectivity index (χ4v) is 2.24. The van der Waals surface area contributed by atoms with Crippen molar-refractivity contribution in [3.05, 3.63) is 52.5 Å². The average Bonchev–Trinajstić information content (AvgIpc) is 2.49. The molecule has 2 rings (SSSR count). The molecule has 22 heavy (non-hydrogen) atoms. The van der Waals surface area contributed by atoms with Crippen molar-refractivity contribution in [3.63, 3.8) is 0 Å². The van der Waals surface area contributed by atoms with E-state index in [1.807, 2.05) is 12.1 Å². The fraction of sp³-hybridized carbons (Fsp3) is 0.188. The Bertz CT molecular complexity index is 645. The number of carbonyl (C=O) groups excluding carboxylic acids is 1. The maximum atomic E-state index is 11.9. The molecule has 1 amide bonds. The van der Waals surface area contributed by atoms with Gasteiger partial charge < -0.3 is 15.4 Å². The lowest BCUT2D eigenvalue weighted by molar-refractivity contribution is -0.115. The molecule has 0 heterocycles. The van der Waals surface area contributed by atoms with Gasteiger partial charge in [0.2, 0.25) is 5.91 Å². The van der Waals surface area contributed by atoms with Gasteiger partial charge in [0.1, 0.15) is 5.75 Å². The number of rotatable bonds is 6. The maximum Gasteiger partial charge on any atom is 0.226 e. The minimum atomic E-state index is -0.0947. The van der Waals surface area contributed by atoms with E-state index in [0.29, 0.717) is 34.4 Å². The first kappa shape index (κ1) is 16.5. The molecule has 2 aromatic carbocycles. The summed E-state index contributed by atoms with van der Waals surface area (Å²) < 4.78 is 5.06. The Balaban J connectivity index is 1.80. The first-order valence-corrected chi connectivity index (χ1v) is 7.47. The van der Waals surface area contributed by atoms with Crippen LogP contribution in [-0.2, 0) is 4.79 Å². The molecule has 116 valence electrons. The second-order valence-electron chi connectivity index (χ2n) is 4.58. The summed E-state index contributed by atoms with van der Waals surface area (Å²) in [5, 5.41) is 7.08. The molecule has 0 saturated heterocycles. The van der Waals surface area contributed by atoms with Gasteiger partial charge in [-0.05, 0) is 42.5 Å². The highest BCUT2D eigenvalue weighted by atomic mass is 35.5. The molecule has 4 nitrogen and oxygen atoms in total. The highest BCUT2D eigenvalue weighted by Crippen LogP contribution is 2.27. The number of benzene rings is 2. The van der Waals surface area contributed by atoms with Gasteiger partial charge in [0.05, 0.1) is 12.1 Å². The van der Waals surface area contributed by atoms with Crippen molar-refractivity contribution in [3.8, 4) is 5.75 Å². The van der Waals surface area contributed by atoms with Crippen LogP contribution in [-0.4, -0.2) is 19.6 Å². The number of methoxy groups -OCH3 is 1. The van der Waals surface area contributed by atoms with Gasteiger partial charge in [0.15, 0.2) is 0 Å². The number of hydrogen-bond donors (Lipinski definition) is 2. The molecular weight excluding hydrogens is 323 g/mol. The van der Waals surface area contributed by atoms with Gasteiger partial charge in [-0.1, -0.05) is 23.2 Å². The molecule has 0 bridgehead atoms. The van der Waals surface area contributed by atoms with Crippen molar-refractivity contribution < 1.29 is 9.53 Å². The van der Waals surface area contributed by atoms with Crippen LogP contribution in [0.15, 0.2) is 42.5 Å². The topological polar surface area (TPSA) is 50.4 Å². The van der Waals surface area contributed by atoms with Gasteiger partial charge in [0.25, 0.3) is 0 Å². The molecule has 0 saturated carbocycles. The highest BCUT2D eigenvalue weighted by molar-refractivity contribution is 6.32. The summed E-state index contributed by atoms with van der Waals surface area (Å²) in [6.07, 6.45) is 0.340. The summed E-state index contributed by atoms with van der Waals surface area (Å²) >= 11 is 11.8. The molecule has 2 aromatic rings. The summed E-state index contributed by atoms with van der Waals surface area (Å²) in [5.41, 5.74) is 1.56. The zero-order valence-corrected chi connectivity index (χ0v) is 13.5. The van der Waals surface area contributed by atoms with E-state index in [1.54, 1.807) is 37.4 Å². The van der Waals surface area contributed by atoms with Crippen molar-refractivity contribution in [2.75, 3.05) is 24.3 Å². The van der Waals surface area contributed by atoms with E-state index in [-0.39, 0.29) is 5.91 Å². The lowest BCUT2D eigenvalue weighted by atomic mass is 10.2. The van der Waals surface area contributed by atoms with Crippen LogP contribution in [0, 0.1) is 0 Å². The van der Waals surface area contributed by atoms with Crippen LogP contribution in [0.4, 0.5) is 11.4 Å². The van der Waals surface area contributed by atoms with E-state index in [1.165, 1.54) is 0 Å². The van der Waals surface area contributed by atoms with E-state index in [2.05, 4.69) is 10.6 Å². The Labute approximate surface area is 139 Å². The molecule has 0 aliphatic heterocycles. The predicted octanol–water partition coefficient (Wildman–Crippen LogP) is 4.44. The standard InChI is InChI=1S/C16H16Cl2N2O2/c1-22-15-7-6-13(10-14(15)18)20-16(21)8-9-19-12-4-2-11(17)3-5-12/h2-7,10,19H,8-9H2,1H3,(H,20,21). The fourth-order valence-electron chi connectivity index (χ4n) is 1.86. The Morgan fingerprint density at radius 1 is 1.09 bits per heavy atom. The minimum absolute atomic E-state index is 0.0947. The van der Waals surface area contributed by atoms with E-state index in [9.17, 15) is 4.79 Å². The van der Waals surface area contributed by atoms with Crippen molar-refractivity contribution >= 4 is 40.5 Å². The Morgan fingerprint density at radius 3 is 2.41 bits per heavy atom. The van der Waals surface area contributed by atoms with Crippen molar-refractivity contribution in [1.29, 1.82) is 0 Å². The molecule has 0 radical (unpaired) electrons. The van der Waals surface area contributed by atoms with E-state index in [0.717, 1.165) is 5.69 Å². The average molecular weight is 339 g/mol. The third-order valence-electron chi connectivity index (χ3n) is 2.96. The molecule has 0 aliphatic carbocycles. The smallest absolute Gasteiger partial charge is 0.226 e. The zero-order valence-electron chi connectivity index (χ0n) is 12.0. The number of hydrogen-bond acceptors (Lipinski definition) is 3. The van der Waals surface area contributed by atoms with Crippen LogP contribution in [0.2, 0.25) is 10.0 Å². The minimum Gasteiger partial charge on any atom is -0.495 e. The van der Waals surface area contributed by atoms with Gasteiger partial charge in [0, 0.05) is 29.4 Å². The number of nitrogens with one attached hydrogen (secondary N) is 2. The largest absolute Gasteiger partial charge is 0.495 e. The number of anilines is 2.